The first-order valence-corrected chi connectivity index (χ1v) is 7.70. The number of nitrogens with zero attached hydrogens (tertiary/aromatic N) is 2. The molecule has 2 heterocycles. The molecule has 0 unspecified atom stereocenters. The predicted octanol–water partition coefficient (Wildman–Crippen LogP) is 5.21. The molecule has 0 saturated heterocycles. The zero-order valence-corrected chi connectivity index (χ0v) is 13.9. The highest BCUT2D eigenvalue weighted by Crippen LogP contribution is 2.27. The van der Waals surface area contributed by atoms with Crippen LogP contribution in [0.2, 0.25) is 0 Å². The normalized spacial score (nSPS) is 11.9. The number of hydrogen-bond donors (Lipinski definition) is 0. The summed E-state index contributed by atoms with van der Waals surface area (Å²) < 4.78 is 0. The number of rotatable bonds is 1. The smallest absolute Gasteiger partial charge is 0.0894 e. The fourth-order valence-corrected chi connectivity index (χ4v) is 2.71. The minimum absolute atomic E-state index is 0.155. The van der Waals surface area contributed by atoms with Crippen molar-refractivity contribution in [1.29, 1.82) is 0 Å². The van der Waals surface area contributed by atoms with Gasteiger partial charge in [-0.2, -0.15) is 0 Å². The predicted molar refractivity (Wildman–Crippen MR) is 93.1 cm³/mol. The molecular formula is C20H22N2. The molecule has 0 amide bonds. The molecule has 112 valence electrons. The second-order valence-corrected chi connectivity index (χ2v) is 7.03. The highest BCUT2D eigenvalue weighted by Gasteiger charge is 2.14. The largest absolute Gasteiger partial charge is 0.251 e. The third-order valence-electron chi connectivity index (χ3n) is 3.92. The zero-order chi connectivity index (χ0) is 15.9. The minimum Gasteiger partial charge on any atom is -0.251 e. The van der Waals surface area contributed by atoms with Crippen molar-refractivity contribution in [2.45, 2.75) is 40.0 Å². The van der Waals surface area contributed by atoms with Gasteiger partial charge in [-0.05, 0) is 60.7 Å². The zero-order valence-electron chi connectivity index (χ0n) is 13.9. The third-order valence-corrected chi connectivity index (χ3v) is 3.92. The van der Waals surface area contributed by atoms with Gasteiger partial charge < -0.3 is 0 Å². The second-order valence-electron chi connectivity index (χ2n) is 7.03. The topological polar surface area (TPSA) is 25.8 Å². The van der Waals surface area contributed by atoms with Crippen molar-refractivity contribution in [3.63, 3.8) is 0 Å². The van der Waals surface area contributed by atoms with Crippen LogP contribution in [0.25, 0.3) is 22.3 Å². The van der Waals surface area contributed by atoms with Crippen molar-refractivity contribution in [2.75, 3.05) is 0 Å². The summed E-state index contributed by atoms with van der Waals surface area (Å²) >= 11 is 0. The van der Waals surface area contributed by atoms with Crippen molar-refractivity contribution in [1.82, 2.24) is 9.97 Å². The van der Waals surface area contributed by atoms with Gasteiger partial charge in [0, 0.05) is 11.1 Å². The van der Waals surface area contributed by atoms with Crippen molar-refractivity contribution < 1.29 is 0 Å². The summed E-state index contributed by atoms with van der Waals surface area (Å²) in [7, 11) is 0. The summed E-state index contributed by atoms with van der Waals surface area (Å²) in [6.45, 7) is 10.8. The van der Waals surface area contributed by atoms with Gasteiger partial charge in [0.15, 0.2) is 0 Å². The van der Waals surface area contributed by atoms with Gasteiger partial charge in [-0.15, -0.1) is 0 Å². The molecule has 0 fully saturated rings. The molecular weight excluding hydrogens is 268 g/mol. The van der Waals surface area contributed by atoms with E-state index in [1.807, 2.05) is 6.92 Å². The molecule has 3 rings (SSSR count). The maximum atomic E-state index is 4.79. The maximum absolute atomic E-state index is 4.79. The van der Waals surface area contributed by atoms with Gasteiger partial charge in [-0.3, -0.25) is 4.98 Å². The Kier molecular flexibility index (Phi) is 3.48. The first-order valence-electron chi connectivity index (χ1n) is 7.70. The summed E-state index contributed by atoms with van der Waals surface area (Å²) in [5, 5.41) is 1.18. The first kappa shape index (κ1) is 14.7. The van der Waals surface area contributed by atoms with E-state index in [4.69, 9.17) is 4.98 Å². The lowest BCUT2D eigenvalue weighted by Crippen LogP contribution is -2.10. The van der Waals surface area contributed by atoms with Gasteiger partial charge in [-0.1, -0.05) is 32.9 Å². The molecule has 2 aromatic heterocycles. The molecule has 0 N–H and O–H groups in total. The Labute approximate surface area is 132 Å². The van der Waals surface area contributed by atoms with Crippen LogP contribution in [-0.2, 0) is 5.41 Å². The van der Waals surface area contributed by atoms with Crippen LogP contribution in [0.5, 0.6) is 0 Å². The van der Waals surface area contributed by atoms with Crippen LogP contribution < -0.4 is 0 Å². The number of hydrogen-bond acceptors (Lipinski definition) is 2. The standard InChI is InChI=1S/C20H22N2/c1-13-10-14(2)21-19(11-13)18-8-6-15-12-16(20(3,4)5)7-9-17(15)22-18/h6-12H,1-5H3. The number of aryl methyl sites for hydroxylation is 2. The summed E-state index contributed by atoms with van der Waals surface area (Å²) in [6, 6.07) is 14.9. The van der Waals surface area contributed by atoms with E-state index in [0.29, 0.717) is 0 Å². The van der Waals surface area contributed by atoms with Gasteiger partial charge in [0.05, 0.1) is 16.9 Å². The number of benzene rings is 1. The Hall–Kier alpha value is -2.22. The molecule has 3 aromatic rings. The van der Waals surface area contributed by atoms with E-state index in [1.165, 1.54) is 16.5 Å². The number of fused-ring (bicyclic) bond motifs is 1. The van der Waals surface area contributed by atoms with E-state index in [0.717, 1.165) is 22.6 Å². The van der Waals surface area contributed by atoms with Gasteiger partial charge in [-0.25, -0.2) is 4.98 Å². The second kappa shape index (κ2) is 5.20. The maximum Gasteiger partial charge on any atom is 0.0894 e. The molecule has 2 heteroatoms. The molecule has 0 aliphatic rings. The van der Waals surface area contributed by atoms with Crippen molar-refractivity contribution in [2.24, 2.45) is 0 Å². The highest BCUT2D eigenvalue weighted by molar-refractivity contribution is 5.82. The molecule has 0 atom stereocenters. The number of pyridine rings is 2. The minimum atomic E-state index is 0.155. The fraction of sp³-hybridized carbons (Fsp3) is 0.300. The lowest BCUT2D eigenvalue weighted by molar-refractivity contribution is 0.591. The van der Waals surface area contributed by atoms with Gasteiger partial charge in [0.2, 0.25) is 0 Å². The van der Waals surface area contributed by atoms with E-state index in [9.17, 15) is 0 Å². The van der Waals surface area contributed by atoms with E-state index in [2.05, 4.69) is 75.1 Å². The average molecular weight is 290 g/mol. The monoisotopic (exact) mass is 290 g/mol. The van der Waals surface area contributed by atoms with Crippen LogP contribution >= 0.6 is 0 Å². The molecule has 1 aromatic carbocycles. The van der Waals surface area contributed by atoms with E-state index in [-0.39, 0.29) is 5.41 Å². The number of aromatic nitrogens is 2. The molecule has 0 aliphatic carbocycles. The van der Waals surface area contributed by atoms with Gasteiger partial charge in [0.1, 0.15) is 0 Å². The van der Waals surface area contributed by atoms with E-state index in [1.54, 1.807) is 0 Å². The summed E-state index contributed by atoms with van der Waals surface area (Å²) in [5.41, 5.74) is 6.63. The van der Waals surface area contributed by atoms with Crippen molar-refractivity contribution in [3.8, 4) is 11.4 Å². The van der Waals surface area contributed by atoms with Gasteiger partial charge >= 0.3 is 0 Å². The Balaban J connectivity index is 2.10. The lowest BCUT2D eigenvalue weighted by Gasteiger charge is -2.19. The Morgan fingerprint density at radius 1 is 0.773 bits per heavy atom. The van der Waals surface area contributed by atoms with E-state index >= 15 is 0 Å². The molecule has 0 spiro atoms. The van der Waals surface area contributed by atoms with Crippen LogP contribution in [-0.4, -0.2) is 9.97 Å². The molecule has 22 heavy (non-hydrogen) atoms. The third kappa shape index (κ3) is 2.87. The Morgan fingerprint density at radius 2 is 1.55 bits per heavy atom. The molecule has 0 radical (unpaired) electrons. The molecule has 0 saturated carbocycles. The Bertz CT molecular complexity index is 822. The SMILES string of the molecule is Cc1cc(C)nc(-c2ccc3cc(C(C)(C)C)ccc3n2)c1. The van der Waals surface area contributed by atoms with Gasteiger partial charge in [0.25, 0.3) is 0 Å². The van der Waals surface area contributed by atoms with Crippen LogP contribution in [0.3, 0.4) is 0 Å². The van der Waals surface area contributed by atoms with Crippen molar-refractivity contribution >= 4 is 10.9 Å². The first-order chi connectivity index (χ1) is 10.3. The average Bonchev–Trinajstić information content (AvgIpc) is 2.44. The van der Waals surface area contributed by atoms with Crippen LogP contribution in [0.1, 0.15) is 37.6 Å². The van der Waals surface area contributed by atoms with Crippen LogP contribution in [0, 0.1) is 13.8 Å². The van der Waals surface area contributed by atoms with Crippen LogP contribution in [0.4, 0.5) is 0 Å². The lowest BCUT2D eigenvalue weighted by atomic mass is 9.86. The van der Waals surface area contributed by atoms with Crippen molar-refractivity contribution in [3.05, 3.63) is 59.3 Å². The van der Waals surface area contributed by atoms with E-state index < -0.39 is 0 Å². The highest BCUT2D eigenvalue weighted by atomic mass is 14.8. The molecule has 0 aliphatic heterocycles. The molecule has 2 nitrogen and oxygen atoms in total. The molecule has 0 bridgehead atoms. The quantitative estimate of drug-likeness (QED) is 0.614. The Morgan fingerprint density at radius 3 is 2.23 bits per heavy atom. The fourth-order valence-electron chi connectivity index (χ4n) is 2.71. The summed E-state index contributed by atoms with van der Waals surface area (Å²) in [6.07, 6.45) is 0. The summed E-state index contributed by atoms with van der Waals surface area (Å²) in [5.74, 6) is 0. The van der Waals surface area contributed by atoms with Crippen LogP contribution in [0.15, 0.2) is 42.5 Å². The summed E-state index contributed by atoms with van der Waals surface area (Å²) in [4.78, 5) is 9.39.